The molecule has 0 aliphatic carbocycles. The number of nitrogens with zero attached hydrogens (tertiary/aromatic N) is 1. The smallest absolute Gasteiger partial charge is 0.310 e. The van der Waals surface area contributed by atoms with Gasteiger partial charge in [-0.25, -0.2) is 0 Å². The third kappa shape index (κ3) is 4.15. The molecule has 0 N–H and O–H groups in total. The van der Waals surface area contributed by atoms with Crippen LogP contribution in [-0.2, 0) is 20.9 Å². The van der Waals surface area contributed by atoms with Crippen molar-refractivity contribution in [3.63, 3.8) is 0 Å². The molecule has 0 bridgehead atoms. The maximum atomic E-state index is 12.6. The molecular weight excluding hydrogens is 346 g/mol. The number of halogens is 1. The molecule has 0 aromatic carbocycles. The second-order valence-electron chi connectivity index (χ2n) is 6.64. The lowest BCUT2D eigenvalue weighted by Crippen LogP contribution is -2.46. The molecule has 1 fully saturated rings. The van der Waals surface area contributed by atoms with Gasteiger partial charge in [0.15, 0.2) is 18.0 Å². The van der Waals surface area contributed by atoms with Crippen LogP contribution in [-0.4, -0.2) is 17.4 Å². The zero-order valence-electron chi connectivity index (χ0n) is 13.3. The first kappa shape index (κ1) is 17.1. The van der Waals surface area contributed by atoms with Crippen LogP contribution >= 0.6 is 15.9 Å². The van der Waals surface area contributed by atoms with Crippen molar-refractivity contribution in [2.75, 3.05) is 0 Å². The van der Waals surface area contributed by atoms with Crippen molar-refractivity contribution in [1.29, 1.82) is 0 Å². The number of carbonyl (C=O) groups excluding carboxylic acids is 2. The topological polar surface area (TPSA) is 47.2 Å². The molecule has 1 aromatic heterocycles. The summed E-state index contributed by atoms with van der Waals surface area (Å²) in [4.78, 5) is 24.6. The van der Waals surface area contributed by atoms with Gasteiger partial charge in [-0.15, -0.1) is 0 Å². The third-order valence-electron chi connectivity index (χ3n) is 4.13. The Morgan fingerprint density at radius 1 is 1.55 bits per heavy atom. The van der Waals surface area contributed by atoms with E-state index >= 15 is 0 Å². The van der Waals surface area contributed by atoms with Crippen molar-refractivity contribution in [3.8, 4) is 0 Å². The van der Waals surface area contributed by atoms with Crippen molar-refractivity contribution in [1.82, 2.24) is 0 Å². The van der Waals surface area contributed by atoms with E-state index in [1.165, 1.54) is 0 Å². The van der Waals surface area contributed by atoms with E-state index in [0.29, 0.717) is 12.3 Å². The van der Waals surface area contributed by atoms with Gasteiger partial charge >= 0.3 is 5.97 Å². The molecule has 2 rings (SSSR count). The minimum atomic E-state index is -0.992. The molecule has 5 heteroatoms. The van der Waals surface area contributed by atoms with Crippen LogP contribution in [0.25, 0.3) is 0 Å². The van der Waals surface area contributed by atoms with E-state index in [2.05, 4.69) is 29.8 Å². The fourth-order valence-corrected chi connectivity index (χ4v) is 3.16. The van der Waals surface area contributed by atoms with Crippen molar-refractivity contribution >= 4 is 27.7 Å². The maximum Gasteiger partial charge on any atom is 0.310 e. The highest BCUT2D eigenvalue weighted by Crippen LogP contribution is 2.35. The normalized spacial score (nSPS) is 24.6. The van der Waals surface area contributed by atoms with Gasteiger partial charge in [0, 0.05) is 12.5 Å². The molecule has 22 heavy (non-hydrogen) atoms. The molecule has 4 nitrogen and oxygen atoms in total. The predicted octanol–water partition coefficient (Wildman–Crippen LogP) is 3.06. The average molecular weight is 369 g/mol. The van der Waals surface area contributed by atoms with E-state index in [1.54, 1.807) is 11.5 Å². The standard InChI is InChI=1S/C17H23BrNO3/c1-12(2)6-7-13-9-17(3,22-16(13)21)15(20)11-19-8-4-5-14(18)10-19/h4-5,8,10,12-13H,6-7,9,11H2,1-3H3/q+1/t13-,17+/m0/s1. The Balaban J connectivity index is 2.01. The van der Waals surface area contributed by atoms with Gasteiger partial charge in [-0.05, 0) is 41.3 Å². The largest absolute Gasteiger partial charge is 0.451 e. The molecule has 1 aliphatic rings. The van der Waals surface area contributed by atoms with E-state index in [9.17, 15) is 9.59 Å². The van der Waals surface area contributed by atoms with E-state index in [1.807, 2.05) is 24.5 Å². The van der Waals surface area contributed by atoms with E-state index in [-0.39, 0.29) is 24.2 Å². The molecule has 0 radical (unpaired) electrons. The molecular formula is C17H23BrNO3+. The molecule has 0 amide bonds. The molecule has 1 saturated heterocycles. The van der Waals surface area contributed by atoms with Crippen LogP contribution in [0, 0.1) is 11.8 Å². The van der Waals surface area contributed by atoms with Crippen LogP contribution in [0.15, 0.2) is 29.0 Å². The number of ketones is 1. The maximum absolute atomic E-state index is 12.6. The van der Waals surface area contributed by atoms with Gasteiger partial charge in [-0.2, -0.15) is 4.57 Å². The summed E-state index contributed by atoms with van der Waals surface area (Å²) in [6, 6.07) is 3.77. The molecule has 0 saturated carbocycles. The summed E-state index contributed by atoms with van der Waals surface area (Å²) in [5.74, 6) is 0.114. The summed E-state index contributed by atoms with van der Waals surface area (Å²) >= 11 is 3.38. The summed E-state index contributed by atoms with van der Waals surface area (Å²) in [6.07, 6.45) is 5.94. The predicted molar refractivity (Wildman–Crippen MR) is 86.0 cm³/mol. The monoisotopic (exact) mass is 368 g/mol. The lowest BCUT2D eigenvalue weighted by atomic mass is 9.88. The lowest BCUT2D eigenvalue weighted by molar-refractivity contribution is -0.685. The number of Topliss-reactive ketones (excluding diaryl/α,β-unsaturated/α-hetero) is 1. The highest BCUT2D eigenvalue weighted by molar-refractivity contribution is 9.10. The Kier molecular flexibility index (Phi) is 5.37. The average Bonchev–Trinajstić information content (AvgIpc) is 2.72. The number of ether oxygens (including phenoxy) is 1. The fourth-order valence-electron chi connectivity index (χ4n) is 2.75. The minimum absolute atomic E-state index is 0.0593. The lowest BCUT2D eigenvalue weighted by Gasteiger charge is -2.19. The molecule has 0 unspecified atom stereocenters. The molecule has 0 spiro atoms. The van der Waals surface area contributed by atoms with Gasteiger partial charge in [-0.1, -0.05) is 20.3 Å². The van der Waals surface area contributed by atoms with Crippen LogP contribution < -0.4 is 4.57 Å². The molecule has 2 atom stereocenters. The molecule has 120 valence electrons. The third-order valence-corrected chi connectivity index (χ3v) is 4.59. The number of hydrogen-bond acceptors (Lipinski definition) is 3. The van der Waals surface area contributed by atoms with Crippen LogP contribution in [0.3, 0.4) is 0 Å². The van der Waals surface area contributed by atoms with Crippen molar-refractivity contribution in [2.24, 2.45) is 11.8 Å². The van der Waals surface area contributed by atoms with Crippen LogP contribution in [0.4, 0.5) is 0 Å². The number of aromatic nitrogens is 1. The zero-order chi connectivity index (χ0) is 16.3. The van der Waals surface area contributed by atoms with Crippen LogP contribution in [0.1, 0.15) is 40.0 Å². The van der Waals surface area contributed by atoms with Gasteiger partial charge in [0.25, 0.3) is 0 Å². The number of pyridine rings is 1. The summed E-state index contributed by atoms with van der Waals surface area (Å²) in [7, 11) is 0. The van der Waals surface area contributed by atoms with Crippen molar-refractivity contribution in [3.05, 3.63) is 29.0 Å². The Morgan fingerprint density at radius 3 is 2.91 bits per heavy atom. The number of esters is 1. The summed E-state index contributed by atoms with van der Waals surface area (Å²) in [5, 5.41) is 0. The van der Waals surface area contributed by atoms with Gasteiger partial charge in [0.1, 0.15) is 0 Å². The molecule has 2 heterocycles. The van der Waals surface area contributed by atoms with Gasteiger partial charge in [-0.3, -0.25) is 9.59 Å². The first-order valence-corrected chi connectivity index (χ1v) is 8.50. The Morgan fingerprint density at radius 2 is 2.27 bits per heavy atom. The summed E-state index contributed by atoms with van der Waals surface area (Å²) < 4.78 is 8.15. The minimum Gasteiger partial charge on any atom is -0.451 e. The van der Waals surface area contributed by atoms with Crippen molar-refractivity contribution in [2.45, 2.75) is 52.2 Å². The Bertz CT molecular complexity index is 573. The van der Waals surface area contributed by atoms with E-state index < -0.39 is 5.60 Å². The first-order chi connectivity index (χ1) is 10.3. The number of rotatable bonds is 6. The quantitative estimate of drug-likeness (QED) is 0.572. The van der Waals surface area contributed by atoms with Crippen LogP contribution in [0.2, 0.25) is 0 Å². The highest BCUT2D eigenvalue weighted by Gasteiger charge is 2.49. The number of carbonyl (C=O) groups is 2. The molecule has 1 aromatic rings. The first-order valence-electron chi connectivity index (χ1n) is 7.71. The SMILES string of the molecule is CC(C)CC[C@H]1C[C@](C)(C(=O)C[n+]2cccc(Br)c2)OC1=O. The fraction of sp³-hybridized carbons (Fsp3) is 0.588. The Labute approximate surface area is 140 Å². The van der Waals surface area contributed by atoms with E-state index in [0.717, 1.165) is 17.3 Å². The number of cyclic esters (lactones) is 1. The van der Waals surface area contributed by atoms with Gasteiger partial charge < -0.3 is 4.74 Å². The van der Waals surface area contributed by atoms with Gasteiger partial charge in [0.05, 0.1) is 10.4 Å². The van der Waals surface area contributed by atoms with Crippen LogP contribution in [0.5, 0.6) is 0 Å². The zero-order valence-corrected chi connectivity index (χ0v) is 14.9. The highest BCUT2D eigenvalue weighted by atomic mass is 79.9. The Hall–Kier alpha value is -1.23. The van der Waals surface area contributed by atoms with Gasteiger partial charge in [0.2, 0.25) is 12.3 Å². The van der Waals surface area contributed by atoms with E-state index in [4.69, 9.17) is 4.74 Å². The molecule has 1 aliphatic heterocycles. The second kappa shape index (κ2) is 6.90. The van der Waals surface area contributed by atoms with Crippen molar-refractivity contribution < 1.29 is 18.9 Å². The summed E-state index contributed by atoms with van der Waals surface area (Å²) in [6.45, 7) is 6.21. The second-order valence-corrected chi connectivity index (χ2v) is 7.56. The summed E-state index contributed by atoms with van der Waals surface area (Å²) in [5.41, 5.74) is -0.992. The number of hydrogen-bond donors (Lipinski definition) is 0.